The molecule has 0 heterocycles. The Morgan fingerprint density at radius 2 is 0.489 bits per heavy atom. The lowest BCUT2D eigenvalue weighted by Crippen LogP contribution is -2.30. The predicted molar refractivity (Wildman–Crippen MR) is 382 cm³/mol. The largest absolute Gasteiger partial charge is 0.472 e. The summed E-state index contributed by atoms with van der Waals surface area (Å²) in [4.78, 5) is 72.7. The van der Waals surface area contributed by atoms with Crippen molar-refractivity contribution in [3.05, 3.63) is 0 Å². The molecule has 94 heavy (non-hydrogen) atoms. The molecule has 0 radical (unpaired) electrons. The summed E-state index contributed by atoms with van der Waals surface area (Å²) in [7, 11) is -9.90. The number of hydrogen-bond acceptors (Lipinski definition) is 15. The van der Waals surface area contributed by atoms with Crippen LogP contribution in [0.1, 0.15) is 394 Å². The fraction of sp³-hybridized carbons (Fsp3) is 0.947. The van der Waals surface area contributed by atoms with Crippen LogP contribution in [0.3, 0.4) is 0 Å². The van der Waals surface area contributed by atoms with Crippen LogP contribution in [0.2, 0.25) is 0 Å². The fourth-order valence-corrected chi connectivity index (χ4v) is 13.1. The number of phosphoric ester groups is 2. The Morgan fingerprint density at radius 3 is 0.723 bits per heavy atom. The van der Waals surface area contributed by atoms with Gasteiger partial charge >= 0.3 is 39.5 Å². The summed E-state index contributed by atoms with van der Waals surface area (Å²) in [5.41, 5.74) is 0. The standard InChI is InChI=1S/C75H146O17P2/c1-6-9-12-15-18-21-23-34-39-44-49-54-59-73(78)86-65-71(92-75(80)61-56-51-46-41-36-32-30-28-26-25-27-29-31-33-38-42-47-52-57-68(4)5)67-90-94(83,84)88-63-69(76)62-87-93(81,82)89-66-70(64-85-72(77)58-53-48-43-37-20-17-14-11-8-3)91-74(79)60-55-50-45-40-35-24-22-19-16-13-10-7-2/h68-71,76H,6-67H2,1-5H3,(H,81,82)(H,83,84)/t69-,70+,71+/m0/s1. The molecule has 0 amide bonds. The number of phosphoric acid groups is 2. The van der Waals surface area contributed by atoms with Crippen LogP contribution in [0.15, 0.2) is 0 Å². The van der Waals surface area contributed by atoms with E-state index in [0.29, 0.717) is 25.7 Å². The molecule has 0 aliphatic rings. The lowest BCUT2D eigenvalue weighted by molar-refractivity contribution is -0.161. The molecule has 0 fully saturated rings. The second-order valence-corrected chi connectivity index (χ2v) is 30.4. The average molecular weight is 1380 g/mol. The second-order valence-electron chi connectivity index (χ2n) is 27.5. The van der Waals surface area contributed by atoms with Crippen molar-refractivity contribution in [2.45, 2.75) is 412 Å². The molecule has 0 aromatic heterocycles. The molecule has 0 aromatic carbocycles. The van der Waals surface area contributed by atoms with Crippen molar-refractivity contribution in [3.63, 3.8) is 0 Å². The molecular formula is C75H146O17P2. The number of hydrogen-bond donors (Lipinski definition) is 3. The number of esters is 4. The number of carbonyl (C=O) groups is 4. The third-order valence-electron chi connectivity index (χ3n) is 17.5. The zero-order chi connectivity index (χ0) is 69.1. The van der Waals surface area contributed by atoms with Gasteiger partial charge in [0, 0.05) is 25.7 Å². The van der Waals surface area contributed by atoms with E-state index in [1.165, 1.54) is 218 Å². The van der Waals surface area contributed by atoms with Crippen molar-refractivity contribution in [3.8, 4) is 0 Å². The molecular weight excluding hydrogens is 1230 g/mol. The molecule has 0 spiro atoms. The van der Waals surface area contributed by atoms with E-state index in [2.05, 4.69) is 34.6 Å². The third kappa shape index (κ3) is 68.6. The van der Waals surface area contributed by atoms with Gasteiger partial charge in [-0.15, -0.1) is 0 Å². The summed E-state index contributed by atoms with van der Waals surface area (Å²) in [5.74, 6) is -1.29. The first-order chi connectivity index (χ1) is 45.5. The van der Waals surface area contributed by atoms with Crippen molar-refractivity contribution in [2.75, 3.05) is 39.6 Å². The van der Waals surface area contributed by atoms with Gasteiger partial charge < -0.3 is 33.8 Å². The van der Waals surface area contributed by atoms with Crippen LogP contribution in [0, 0.1) is 5.92 Å². The molecule has 0 saturated carbocycles. The van der Waals surface area contributed by atoms with Gasteiger partial charge in [-0.3, -0.25) is 37.3 Å². The van der Waals surface area contributed by atoms with Gasteiger partial charge in [-0.25, -0.2) is 9.13 Å². The summed E-state index contributed by atoms with van der Waals surface area (Å²) in [5, 5.41) is 10.6. The summed E-state index contributed by atoms with van der Waals surface area (Å²) in [6.45, 7) is 7.30. The van der Waals surface area contributed by atoms with E-state index in [0.717, 1.165) is 95.8 Å². The molecule has 17 nitrogen and oxygen atoms in total. The monoisotopic (exact) mass is 1380 g/mol. The summed E-state index contributed by atoms with van der Waals surface area (Å²) in [6, 6.07) is 0. The Hall–Kier alpha value is -1.94. The van der Waals surface area contributed by atoms with Crippen LogP contribution in [0.5, 0.6) is 0 Å². The van der Waals surface area contributed by atoms with E-state index >= 15 is 0 Å². The van der Waals surface area contributed by atoms with Gasteiger partial charge in [-0.2, -0.15) is 0 Å². The molecule has 0 saturated heterocycles. The first-order valence-corrected chi connectivity index (χ1v) is 42.1. The van der Waals surface area contributed by atoms with Gasteiger partial charge in [0.15, 0.2) is 12.2 Å². The molecule has 2 unspecified atom stereocenters. The summed E-state index contributed by atoms with van der Waals surface area (Å²) >= 11 is 0. The van der Waals surface area contributed by atoms with Crippen LogP contribution < -0.4 is 0 Å². The summed E-state index contributed by atoms with van der Waals surface area (Å²) in [6.07, 6.45) is 56.8. The molecule has 0 aromatic rings. The number of aliphatic hydroxyl groups excluding tert-OH is 1. The lowest BCUT2D eigenvalue weighted by atomic mass is 10.0. The highest BCUT2D eigenvalue weighted by Gasteiger charge is 2.30. The van der Waals surface area contributed by atoms with Gasteiger partial charge in [0.05, 0.1) is 26.4 Å². The molecule has 0 bridgehead atoms. The van der Waals surface area contributed by atoms with Gasteiger partial charge in [0.25, 0.3) is 0 Å². The van der Waals surface area contributed by atoms with E-state index in [1.54, 1.807) is 0 Å². The van der Waals surface area contributed by atoms with Crippen LogP contribution >= 0.6 is 15.6 Å². The van der Waals surface area contributed by atoms with Crippen molar-refractivity contribution in [1.29, 1.82) is 0 Å². The van der Waals surface area contributed by atoms with Crippen molar-refractivity contribution in [1.82, 2.24) is 0 Å². The van der Waals surface area contributed by atoms with Gasteiger partial charge in [0.1, 0.15) is 19.3 Å². The molecule has 3 N–H and O–H groups in total. The van der Waals surface area contributed by atoms with Crippen molar-refractivity contribution in [2.24, 2.45) is 5.92 Å². The Morgan fingerprint density at radius 1 is 0.287 bits per heavy atom. The van der Waals surface area contributed by atoms with Crippen LogP contribution in [0.25, 0.3) is 0 Å². The topological polar surface area (TPSA) is 237 Å². The van der Waals surface area contributed by atoms with Crippen LogP contribution in [-0.4, -0.2) is 96.7 Å². The molecule has 0 rings (SSSR count). The number of unbranched alkanes of at least 4 members (excludes halogenated alkanes) is 47. The maximum Gasteiger partial charge on any atom is 0.472 e. The number of carbonyl (C=O) groups excluding carboxylic acids is 4. The van der Waals surface area contributed by atoms with Crippen molar-refractivity contribution < 1.29 is 80.2 Å². The first kappa shape index (κ1) is 92.1. The molecule has 5 atom stereocenters. The quantitative estimate of drug-likeness (QED) is 0.0222. The van der Waals surface area contributed by atoms with Crippen LogP contribution in [-0.2, 0) is 65.4 Å². The fourth-order valence-electron chi connectivity index (χ4n) is 11.5. The normalized spacial score (nSPS) is 14.0. The lowest BCUT2D eigenvalue weighted by Gasteiger charge is -2.21. The smallest absolute Gasteiger partial charge is 0.462 e. The Balaban J connectivity index is 5.17. The van der Waals surface area contributed by atoms with E-state index < -0.39 is 97.5 Å². The predicted octanol–water partition coefficient (Wildman–Crippen LogP) is 22.1. The zero-order valence-electron chi connectivity index (χ0n) is 61.1. The zero-order valence-corrected chi connectivity index (χ0v) is 62.9. The summed E-state index contributed by atoms with van der Waals surface area (Å²) < 4.78 is 68.4. The second kappa shape index (κ2) is 68.2. The first-order valence-electron chi connectivity index (χ1n) is 39.1. The Labute approximate surface area is 575 Å². The molecule has 19 heteroatoms. The SMILES string of the molecule is CCCCCCCCCCCCCCC(=O)OC[C@H](COP(=O)(O)OC[C@@H](O)COP(=O)(O)OC[C@@H](COC(=O)CCCCCCCCCCC)OC(=O)CCCCCCCCCCCCCC)OC(=O)CCCCCCCCCCCCCCCCCCCCC(C)C. The maximum atomic E-state index is 13.1. The van der Waals surface area contributed by atoms with E-state index in [9.17, 15) is 43.2 Å². The molecule has 0 aliphatic carbocycles. The van der Waals surface area contributed by atoms with E-state index in [1.807, 2.05) is 0 Å². The van der Waals surface area contributed by atoms with Gasteiger partial charge in [-0.1, -0.05) is 343 Å². The molecule has 0 aliphatic heterocycles. The van der Waals surface area contributed by atoms with Gasteiger partial charge in [-0.05, 0) is 31.6 Å². The van der Waals surface area contributed by atoms with E-state index in [4.69, 9.17) is 37.0 Å². The minimum absolute atomic E-state index is 0.108. The van der Waals surface area contributed by atoms with Crippen LogP contribution in [0.4, 0.5) is 0 Å². The average Bonchev–Trinajstić information content (AvgIpc) is 1.71. The Kier molecular flexibility index (Phi) is 66.8. The van der Waals surface area contributed by atoms with Crippen molar-refractivity contribution >= 4 is 39.5 Å². The number of aliphatic hydroxyl groups is 1. The third-order valence-corrected chi connectivity index (χ3v) is 19.4. The minimum Gasteiger partial charge on any atom is -0.462 e. The number of ether oxygens (including phenoxy) is 4. The minimum atomic E-state index is -4.95. The number of rotatable bonds is 75. The maximum absolute atomic E-state index is 13.1. The Bertz CT molecular complexity index is 1810. The highest BCUT2D eigenvalue weighted by atomic mass is 31.2. The van der Waals surface area contributed by atoms with E-state index in [-0.39, 0.29) is 25.7 Å². The highest BCUT2D eigenvalue weighted by Crippen LogP contribution is 2.45. The van der Waals surface area contributed by atoms with Gasteiger partial charge in [0.2, 0.25) is 0 Å². The molecule has 558 valence electrons. The highest BCUT2D eigenvalue weighted by molar-refractivity contribution is 7.47.